The second-order valence-electron chi connectivity index (χ2n) is 4.03. The fourth-order valence-electron chi connectivity index (χ4n) is 1.91. The second-order valence-corrected chi connectivity index (χ2v) is 4.88. The summed E-state index contributed by atoms with van der Waals surface area (Å²) in [5.74, 6) is 0. The van der Waals surface area contributed by atoms with Gasteiger partial charge in [-0.25, -0.2) is 0 Å². The molecule has 0 amide bonds. The number of nitrogens with one attached hydrogen (secondary N) is 1. The fourth-order valence-corrected chi connectivity index (χ4v) is 2.38. The number of hydrogen-bond acceptors (Lipinski definition) is 3. The summed E-state index contributed by atoms with van der Waals surface area (Å²) < 4.78 is 2.87. The summed E-state index contributed by atoms with van der Waals surface area (Å²) in [4.78, 5) is 0. The zero-order chi connectivity index (χ0) is 12.4. The van der Waals surface area contributed by atoms with E-state index >= 15 is 0 Å². The molecule has 90 valence electrons. The topological polar surface area (TPSA) is 42.7 Å². The van der Waals surface area contributed by atoms with Crippen molar-refractivity contribution in [2.24, 2.45) is 7.05 Å². The van der Waals surface area contributed by atoms with E-state index in [1.54, 1.807) is 10.9 Å². The van der Waals surface area contributed by atoms with Crippen molar-refractivity contribution in [2.75, 3.05) is 7.05 Å². The second kappa shape index (κ2) is 4.98. The maximum Gasteiger partial charge on any atom is 0.0798 e. The van der Waals surface area contributed by atoms with Crippen LogP contribution in [0.1, 0.15) is 22.9 Å². The minimum absolute atomic E-state index is 0.0873. The molecule has 4 nitrogen and oxygen atoms in total. The van der Waals surface area contributed by atoms with Crippen LogP contribution in [0.3, 0.4) is 0 Å². The Morgan fingerprint density at radius 2 is 2.18 bits per heavy atom. The Kier molecular flexibility index (Phi) is 3.59. The highest BCUT2D eigenvalue weighted by Crippen LogP contribution is 2.28. The highest BCUT2D eigenvalue weighted by Gasteiger charge is 2.18. The predicted molar refractivity (Wildman–Crippen MR) is 70.8 cm³/mol. The quantitative estimate of drug-likeness (QED) is 0.944. The summed E-state index contributed by atoms with van der Waals surface area (Å²) in [5, 5.41) is 11.2. The van der Waals surface area contributed by atoms with Crippen LogP contribution in [0, 0.1) is 6.92 Å². The van der Waals surface area contributed by atoms with Gasteiger partial charge in [0.1, 0.15) is 0 Å². The average Bonchev–Trinajstić information content (AvgIpc) is 2.71. The predicted octanol–water partition coefficient (Wildman–Crippen LogP) is 2.19. The van der Waals surface area contributed by atoms with Crippen LogP contribution in [0.5, 0.6) is 0 Å². The highest BCUT2D eigenvalue weighted by molar-refractivity contribution is 9.10. The summed E-state index contributed by atoms with van der Waals surface area (Å²) in [7, 11) is 3.84. The van der Waals surface area contributed by atoms with E-state index in [1.165, 1.54) is 11.1 Å². The van der Waals surface area contributed by atoms with Crippen molar-refractivity contribution in [1.29, 1.82) is 0 Å². The third kappa shape index (κ3) is 2.40. The van der Waals surface area contributed by atoms with Crippen molar-refractivity contribution in [3.63, 3.8) is 0 Å². The van der Waals surface area contributed by atoms with Gasteiger partial charge in [0.2, 0.25) is 0 Å². The van der Waals surface area contributed by atoms with Gasteiger partial charge in [0, 0.05) is 11.5 Å². The molecule has 0 aliphatic rings. The Balaban J connectivity index is 2.49. The zero-order valence-electron chi connectivity index (χ0n) is 10.1. The van der Waals surface area contributed by atoms with E-state index in [-0.39, 0.29) is 6.04 Å². The van der Waals surface area contributed by atoms with Crippen LogP contribution in [-0.2, 0) is 7.05 Å². The molecule has 1 N–H and O–H groups in total. The molecule has 1 unspecified atom stereocenters. The molecule has 1 aromatic carbocycles. The SMILES string of the molecule is CNC(c1cc(C)ccc1Br)c1cnnn1C. The van der Waals surface area contributed by atoms with Crippen molar-refractivity contribution in [2.45, 2.75) is 13.0 Å². The number of hydrogen-bond donors (Lipinski definition) is 1. The molecule has 0 bridgehead atoms. The smallest absolute Gasteiger partial charge is 0.0798 e. The van der Waals surface area contributed by atoms with Gasteiger partial charge in [-0.1, -0.05) is 38.8 Å². The van der Waals surface area contributed by atoms with E-state index in [1.807, 2.05) is 14.1 Å². The van der Waals surface area contributed by atoms with Gasteiger partial charge in [0.15, 0.2) is 0 Å². The van der Waals surface area contributed by atoms with E-state index in [0.29, 0.717) is 0 Å². The molecule has 0 aliphatic heterocycles. The lowest BCUT2D eigenvalue weighted by Gasteiger charge is -2.18. The van der Waals surface area contributed by atoms with E-state index < -0.39 is 0 Å². The van der Waals surface area contributed by atoms with Crippen LogP contribution in [0.25, 0.3) is 0 Å². The molecule has 5 heteroatoms. The molecular weight excluding hydrogens is 280 g/mol. The number of aromatic nitrogens is 3. The summed E-state index contributed by atoms with van der Waals surface area (Å²) >= 11 is 3.59. The molecule has 0 saturated heterocycles. The summed E-state index contributed by atoms with van der Waals surface area (Å²) in [6, 6.07) is 6.41. The molecule has 2 rings (SSSR count). The molecule has 1 aromatic heterocycles. The van der Waals surface area contributed by atoms with Crippen molar-refractivity contribution < 1.29 is 0 Å². The van der Waals surface area contributed by atoms with Gasteiger partial charge in [-0.2, -0.15) is 0 Å². The number of halogens is 1. The molecule has 0 radical (unpaired) electrons. The largest absolute Gasteiger partial charge is 0.308 e. The van der Waals surface area contributed by atoms with E-state index in [9.17, 15) is 0 Å². The number of aryl methyl sites for hydroxylation is 2. The van der Waals surface area contributed by atoms with Crippen molar-refractivity contribution in [3.05, 3.63) is 45.7 Å². The van der Waals surface area contributed by atoms with Crippen molar-refractivity contribution in [1.82, 2.24) is 20.3 Å². The Hall–Kier alpha value is -1.20. The van der Waals surface area contributed by atoms with Gasteiger partial charge in [-0.3, -0.25) is 4.68 Å². The molecule has 1 atom stereocenters. The van der Waals surface area contributed by atoms with Crippen molar-refractivity contribution >= 4 is 15.9 Å². The summed E-state index contributed by atoms with van der Waals surface area (Å²) in [6.07, 6.45) is 1.79. The van der Waals surface area contributed by atoms with Crippen LogP contribution in [0.2, 0.25) is 0 Å². The van der Waals surface area contributed by atoms with Gasteiger partial charge in [-0.05, 0) is 25.6 Å². The average molecular weight is 295 g/mol. The van der Waals surface area contributed by atoms with E-state index in [2.05, 4.69) is 56.7 Å². The lowest BCUT2D eigenvalue weighted by atomic mass is 10.0. The monoisotopic (exact) mass is 294 g/mol. The third-order valence-electron chi connectivity index (χ3n) is 2.80. The minimum atomic E-state index is 0.0873. The standard InChI is InChI=1S/C12H15BrN4/c1-8-4-5-10(13)9(6-8)12(14-2)11-7-15-16-17(11)3/h4-7,12,14H,1-3H3. The molecular formula is C12H15BrN4. The minimum Gasteiger partial charge on any atom is -0.308 e. The van der Waals surface area contributed by atoms with Crippen LogP contribution in [-0.4, -0.2) is 22.0 Å². The summed E-state index contributed by atoms with van der Waals surface area (Å²) in [6.45, 7) is 2.09. The Morgan fingerprint density at radius 1 is 1.41 bits per heavy atom. The first-order valence-corrected chi connectivity index (χ1v) is 6.20. The van der Waals surface area contributed by atoms with Gasteiger partial charge in [0.05, 0.1) is 17.9 Å². The Bertz CT molecular complexity index is 521. The van der Waals surface area contributed by atoms with Gasteiger partial charge in [0.25, 0.3) is 0 Å². The molecule has 0 fully saturated rings. The van der Waals surface area contributed by atoms with Crippen LogP contribution < -0.4 is 5.32 Å². The fraction of sp³-hybridized carbons (Fsp3) is 0.333. The maximum atomic E-state index is 3.97. The number of nitrogens with zero attached hydrogens (tertiary/aromatic N) is 3. The molecule has 1 heterocycles. The molecule has 2 aromatic rings. The first-order chi connectivity index (χ1) is 8.13. The highest BCUT2D eigenvalue weighted by atomic mass is 79.9. The lowest BCUT2D eigenvalue weighted by molar-refractivity contribution is 0.596. The zero-order valence-corrected chi connectivity index (χ0v) is 11.7. The van der Waals surface area contributed by atoms with Crippen LogP contribution >= 0.6 is 15.9 Å². The van der Waals surface area contributed by atoms with Gasteiger partial charge in [-0.15, -0.1) is 5.10 Å². The summed E-state index contributed by atoms with van der Waals surface area (Å²) in [5.41, 5.74) is 3.47. The lowest BCUT2D eigenvalue weighted by Crippen LogP contribution is -2.21. The van der Waals surface area contributed by atoms with Gasteiger partial charge < -0.3 is 5.32 Å². The molecule has 0 spiro atoms. The first kappa shape index (κ1) is 12.3. The molecule has 17 heavy (non-hydrogen) atoms. The maximum absolute atomic E-state index is 3.97. The van der Waals surface area contributed by atoms with E-state index in [4.69, 9.17) is 0 Å². The first-order valence-electron chi connectivity index (χ1n) is 5.41. The van der Waals surface area contributed by atoms with Crippen LogP contribution in [0.4, 0.5) is 0 Å². The van der Waals surface area contributed by atoms with E-state index in [0.717, 1.165) is 10.2 Å². The number of rotatable bonds is 3. The normalized spacial score (nSPS) is 12.7. The van der Waals surface area contributed by atoms with Crippen LogP contribution in [0.15, 0.2) is 28.9 Å². The Labute approximate surface area is 109 Å². The molecule has 0 aliphatic carbocycles. The third-order valence-corrected chi connectivity index (χ3v) is 3.52. The molecule has 0 saturated carbocycles. The Morgan fingerprint density at radius 3 is 2.76 bits per heavy atom. The van der Waals surface area contributed by atoms with Crippen molar-refractivity contribution in [3.8, 4) is 0 Å². The number of benzene rings is 1. The van der Waals surface area contributed by atoms with Gasteiger partial charge >= 0.3 is 0 Å².